The number of anilines is 1. The second-order valence-electron chi connectivity index (χ2n) is 5.31. The fraction of sp³-hybridized carbons (Fsp3) is 0.167. The fourth-order valence-corrected chi connectivity index (χ4v) is 2.55. The van der Waals surface area contributed by atoms with E-state index < -0.39 is 11.7 Å². The lowest BCUT2D eigenvalue weighted by Gasteiger charge is -2.23. The number of carbonyl (C=O) groups is 1. The van der Waals surface area contributed by atoms with Crippen LogP contribution in [0.3, 0.4) is 0 Å². The second-order valence-corrected chi connectivity index (χ2v) is 5.31. The molecule has 0 spiro atoms. The number of alkyl halides is 3. The summed E-state index contributed by atoms with van der Waals surface area (Å²) in [5.41, 5.74) is 1.25. The Hall–Kier alpha value is -2.56. The highest BCUT2D eigenvalue weighted by atomic mass is 19.4. The van der Waals surface area contributed by atoms with Crippen molar-refractivity contribution in [2.75, 3.05) is 11.4 Å². The summed E-state index contributed by atoms with van der Waals surface area (Å²) < 4.78 is 38.3. The number of nitrogens with zero attached hydrogens (tertiary/aromatic N) is 1. The summed E-state index contributed by atoms with van der Waals surface area (Å²) >= 11 is 0. The molecule has 0 bridgehead atoms. The van der Waals surface area contributed by atoms with E-state index in [2.05, 4.69) is 0 Å². The third-order valence-electron chi connectivity index (χ3n) is 3.75. The SMILES string of the molecule is O=C1C=CCCN1c1ccc(-c2cccc(C(F)(F)F)c2)cc1. The molecule has 0 saturated heterocycles. The van der Waals surface area contributed by atoms with E-state index in [4.69, 9.17) is 0 Å². The van der Waals surface area contributed by atoms with E-state index in [-0.39, 0.29) is 5.91 Å². The molecular formula is C18H14F3NO. The summed E-state index contributed by atoms with van der Waals surface area (Å²) in [5, 5.41) is 0. The van der Waals surface area contributed by atoms with Crippen molar-refractivity contribution in [3.63, 3.8) is 0 Å². The van der Waals surface area contributed by atoms with E-state index >= 15 is 0 Å². The molecule has 118 valence electrons. The van der Waals surface area contributed by atoms with Gasteiger partial charge in [0.1, 0.15) is 0 Å². The van der Waals surface area contributed by atoms with Gasteiger partial charge in [-0.2, -0.15) is 13.2 Å². The fourth-order valence-electron chi connectivity index (χ4n) is 2.55. The van der Waals surface area contributed by atoms with E-state index in [1.54, 1.807) is 35.2 Å². The molecule has 0 aromatic heterocycles. The molecule has 0 unspecified atom stereocenters. The maximum absolute atomic E-state index is 12.8. The lowest BCUT2D eigenvalue weighted by atomic mass is 10.0. The van der Waals surface area contributed by atoms with Crippen molar-refractivity contribution in [2.24, 2.45) is 0 Å². The van der Waals surface area contributed by atoms with Crippen LogP contribution in [-0.4, -0.2) is 12.5 Å². The number of hydrogen-bond acceptors (Lipinski definition) is 1. The number of halogens is 3. The monoisotopic (exact) mass is 317 g/mol. The average Bonchev–Trinajstić information content (AvgIpc) is 2.55. The van der Waals surface area contributed by atoms with Gasteiger partial charge in [-0.25, -0.2) is 0 Å². The molecule has 0 fully saturated rings. The van der Waals surface area contributed by atoms with E-state index in [1.807, 2.05) is 6.08 Å². The van der Waals surface area contributed by atoms with Crippen molar-refractivity contribution in [3.8, 4) is 11.1 Å². The molecule has 0 atom stereocenters. The Bertz CT molecular complexity index is 748. The maximum Gasteiger partial charge on any atom is 0.416 e. The first-order chi connectivity index (χ1) is 10.9. The van der Waals surface area contributed by atoms with Crippen LogP contribution in [0.25, 0.3) is 11.1 Å². The van der Waals surface area contributed by atoms with Crippen LogP contribution in [0.1, 0.15) is 12.0 Å². The molecule has 1 aliphatic heterocycles. The Balaban J connectivity index is 1.88. The largest absolute Gasteiger partial charge is 0.416 e. The topological polar surface area (TPSA) is 20.3 Å². The van der Waals surface area contributed by atoms with E-state index in [0.29, 0.717) is 17.7 Å². The molecule has 1 aliphatic rings. The molecule has 23 heavy (non-hydrogen) atoms. The van der Waals surface area contributed by atoms with E-state index in [9.17, 15) is 18.0 Å². The van der Waals surface area contributed by atoms with Gasteiger partial charge in [0.25, 0.3) is 5.91 Å². The summed E-state index contributed by atoms with van der Waals surface area (Å²) in [5.74, 6) is -0.0805. The quantitative estimate of drug-likeness (QED) is 0.788. The summed E-state index contributed by atoms with van der Waals surface area (Å²) in [6.45, 7) is 0.609. The van der Waals surface area contributed by atoms with Crippen LogP contribution in [0, 0.1) is 0 Å². The molecule has 2 aromatic rings. The minimum atomic E-state index is -4.36. The smallest absolute Gasteiger partial charge is 0.309 e. The maximum atomic E-state index is 12.8. The predicted molar refractivity (Wildman–Crippen MR) is 83.0 cm³/mol. The number of amides is 1. The highest BCUT2D eigenvalue weighted by Crippen LogP contribution is 2.32. The van der Waals surface area contributed by atoms with Gasteiger partial charge in [-0.3, -0.25) is 4.79 Å². The summed E-state index contributed by atoms with van der Waals surface area (Å²) in [6.07, 6.45) is -0.205. The highest BCUT2D eigenvalue weighted by molar-refractivity contribution is 6.02. The Labute approximate surface area is 131 Å². The van der Waals surface area contributed by atoms with Crippen LogP contribution < -0.4 is 4.90 Å². The number of benzene rings is 2. The third kappa shape index (κ3) is 3.28. The summed E-state index contributed by atoms with van der Waals surface area (Å²) in [6, 6.07) is 12.2. The van der Waals surface area contributed by atoms with Crippen LogP contribution in [0.4, 0.5) is 18.9 Å². The molecule has 5 heteroatoms. The molecule has 0 aliphatic carbocycles. The Kier molecular flexibility index (Phi) is 3.94. The Morgan fingerprint density at radius 3 is 2.35 bits per heavy atom. The van der Waals surface area contributed by atoms with Crippen molar-refractivity contribution < 1.29 is 18.0 Å². The third-order valence-corrected chi connectivity index (χ3v) is 3.75. The molecular weight excluding hydrogens is 303 g/mol. The summed E-state index contributed by atoms with van der Waals surface area (Å²) in [4.78, 5) is 13.5. The molecule has 3 rings (SSSR count). The van der Waals surface area contributed by atoms with Crippen LogP contribution in [0.5, 0.6) is 0 Å². The van der Waals surface area contributed by atoms with Gasteiger partial charge in [-0.05, 0) is 47.9 Å². The average molecular weight is 317 g/mol. The van der Waals surface area contributed by atoms with Gasteiger partial charge in [0.2, 0.25) is 0 Å². The lowest BCUT2D eigenvalue weighted by molar-refractivity contribution is -0.137. The minimum Gasteiger partial charge on any atom is -0.309 e. The zero-order valence-corrected chi connectivity index (χ0v) is 12.2. The van der Waals surface area contributed by atoms with Crippen molar-refractivity contribution in [2.45, 2.75) is 12.6 Å². The first kappa shape index (κ1) is 15.3. The molecule has 0 N–H and O–H groups in total. The van der Waals surface area contributed by atoms with E-state index in [0.717, 1.165) is 24.2 Å². The van der Waals surface area contributed by atoms with Gasteiger partial charge in [0.05, 0.1) is 5.56 Å². The van der Waals surface area contributed by atoms with Gasteiger partial charge < -0.3 is 4.90 Å². The van der Waals surface area contributed by atoms with Crippen LogP contribution in [-0.2, 0) is 11.0 Å². The molecule has 1 amide bonds. The van der Waals surface area contributed by atoms with E-state index in [1.165, 1.54) is 12.1 Å². The molecule has 1 heterocycles. The molecule has 2 aromatic carbocycles. The molecule has 0 radical (unpaired) electrons. The van der Waals surface area contributed by atoms with Gasteiger partial charge in [-0.15, -0.1) is 0 Å². The zero-order chi connectivity index (χ0) is 16.4. The lowest BCUT2D eigenvalue weighted by Crippen LogP contribution is -2.32. The first-order valence-corrected chi connectivity index (χ1v) is 7.21. The first-order valence-electron chi connectivity index (χ1n) is 7.21. The van der Waals surface area contributed by atoms with Crippen molar-refractivity contribution in [1.29, 1.82) is 0 Å². The summed E-state index contributed by atoms with van der Waals surface area (Å²) in [7, 11) is 0. The van der Waals surface area contributed by atoms with Crippen molar-refractivity contribution >= 4 is 11.6 Å². The van der Waals surface area contributed by atoms with Gasteiger partial charge in [0, 0.05) is 12.2 Å². The number of rotatable bonds is 2. The highest BCUT2D eigenvalue weighted by Gasteiger charge is 2.30. The van der Waals surface area contributed by atoms with Crippen LogP contribution in [0.15, 0.2) is 60.7 Å². The Morgan fingerprint density at radius 1 is 0.957 bits per heavy atom. The number of carbonyl (C=O) groups excluding carboxylic acids is 1. The van der Waals surface area contributed by atoms with Crippen molar-refractivity contribution in [3.05, 3.63) is 66.2 Å². The second kappa shape index (κ2) is 5.91. The van der Waals surface area contributed by atoms with Gasteiger partial charge in [-0.1, -0.05) is 30.3 Å². The van der Waals surface area contributed by atoms with Gasteiger partial charge >= 0.3 is 6.18 Å². The standard InChI is InChI=1S/C18H14F3NO/c19-18(20,21)15-5-3-4-14(12-15)13-7-9-16(10-8-13)22-11-2-1-6-17(22)23/h1,3-10,12H,2,11H2. The normalized spacial score (nSPS) is 15.1. The molecule has 2 nitrogen and oxygen atoms in total. The zero-order valence-electron chi connectivity index (χ0n) is 12.2. The molecule has 0 saturated carbocycles. The van der Waals surface area contributed by atoms with Crippen LogP contribution in [0.2, 0.25) is 0 Å². The Morgan fingerprint density at radius 2 is 1.70 bits per heavy atom. The van der Waals surface area contributed by atoms with Crippen LogP contribution >= 0.6 is 0 Å². The number of hydrogen-bond donors (Lipinski definition) is 0. The minimum absolute atomic E-state index is 0.0805. The van der Waals surface area contributed by atoms with Crippen molar-refractivity contribution in [1.82, 2.24) is 0 Å². The predicted octanol–water partition coefficient (Wildman–Crippen LogP) is 4.67. The van der Waals surface area contributed by atoms with Gasteiger partial charge in [0.15, 0.2) is 0 Å².